The maximum atomic E-state index is 13.0. The number of aryl methyl sites for hydroxylation is 1. The molecule has 0 saturated heterocycles. The summed E-state index contributed by atoms with van der Waals surface area (Å²) in [5, 5.41) is 4.33. The summed E-state index contributed by atoms with van der Waals surface area (Å²) in [7, 11) is 0. The molecular weight excluding hydrogens is 326 g/mol. The molecule has 0 radical (unpaired) electrons. The summed E-state index contributed by atoms with van der Waals surface area (Å²) >= 11 is 0. The summed E-state index contributed by atoms with van der Waals surface area (Å²) in [5.74, 6) is -0.168. The number of benzene rings is 2. The number of hydrogen-bond acceptors (Lipinski definition) is 3. The van der Waals surface area contributed by atoms with Gasteiger partial charge < -0.3 is 4.90 Å². The monoisotopic (exact) mass is 345 g/mol. The van der Waals surface area contributed by atoms with Crippen LogP contribution in [0.4, 0.5) is 5.69 Å². The van der Waals surface area contributed by atoms with Gasteiger partial charge in [-0.15, -0.1) is 0 Å². The molecule has 26 heavy (non-hydrogen) atoms. The van der Waals surface area contributed by atoms with E-state index < -0.39 is 0 Å². The summed E-state index contributed by atoms with van der Waals surface area (Å²) < 4.78 is 1.35. The minimum atomic E-state index is -0.218. The normalized spacial score (nSPS) is 13.3. The van der Waals surface area contributed by atoms with Crippen molar-refractivity contribution in [2.45, 2.75) is 19.4 Å². The van der Waals surface area contributed by atoms with Crippen LogP contribution in [-0.2, 0) is 13.0 Å². The van der Waals surface area contributed by atoms with Crippen LogP contribution >= 0.6 is 0 Å². The largest absolute Gasteiger partial charge is 0.307 e. The Balaban J connectivity index is 1.65. The maximum absolute atomic E-state index is 13.0. The molecule has 1 amide bonds. The summed E-state index contributed by atoms with van der Waals surface area (Å²) in [6.45, 7) is 1.01. The van der Waals surface area contributed by atoms with Gasteiger partial charge in [-0.2, -0.15) is 5.10 Å². The van der Waals surface area contributed by atoms with Gasteiger partial charge in [-0.05, 0) is 36.1 Å². The Kier molecular flexibility index (Phi) is 4.35. The molecule has 0 fully saturated rings. The minimum absolute atomic E-state index is 0.168. The summed E-state index contributed by atoms with van der Waals surface area (Å²) in [5.41, 5.74) is 3.15. The predicted octanol–water partition coefficient (Wildman–Crippen LogP) is 2.88. The highest BCUT2D eigenvalue weighted by Gasteiger charge is 2.24. The number of nitrogens with zero attached hydrogens (tertiary/aromatic N) is 3. The molecule has 3 aromatic rings. The number of rotatable bonds is 3. The first-order valence-corrected chi connectivity index (χ1v) is 8.74. The van der Waals surface area contributed by atoms with Crippen LogP contribution < -0.4 is 10.5 Å². The van der Waals surface area contributed by atoms with Gasteiger partial charge in [0.25, 0.3) is 11.5 Å². The lowest BCUT2D eigenvalue weighted by Crippen LogP contribution is -2.37. The zero-order chi connectivity index (χ0) is 17.9. The van der Waals surface area contributed by atoms with Gasteiger partial charge in [0.2, 0.25) is 0 Å². The van der Waals surface area contributed by atoms with Crippen molar-refractivity contribution in [1.29, 1.82) is 0 Å². The second kappa shape index (κ2) is 6.96. The molecule has 4 rings (SSSR count). The highest BCUT2D eigenvalue weighted by molar-refractivity contribution is 6.05. The average molecular weight is 345 g/mol. The van der Waals surface area contributed by atoms with E-state index in [9.17, 15) is 9.59 Å². The van der Waals surface area contributed by atoms with Gasteiger partial charge in [0, 0.05) is 18.3 Å². The van der Waals surface area contributed by atoms with E-state index in [2.05, 4.69) is 11.2 Å². The lowest BCUT2D eigenvalue weighted by atomic mass is 10.0. The van der Waals surface area contributed by atoms with Crippen molar-refractivity contribution in [3.63, 3.8) is 0 Å². The molecule has 0 N–H and O–H groups in total. The molecule has 1 aromatic heterocycles. The van der Waals surface area contributed by atoms with Crippen LogP contribution in [0.2, 0.25) is 0 Å². The van der Waals surface area contributed by atoms with Gasteiger partial charge in [-0.25, -0.2) is 4.68 Å². The zero-order valence-corrected chi connectivity index (χ0v) is 14.3. The van der Waals surface area contributed by atoms with Crippen LogP contribution in [0.5, 0.6) is 0 Å². The van der Waals surface area contributed by atoms with Crippen LogP contribution in [0.15, 0.2) is 71.5 Å². The highest BCUT2D eigenvalue weighted by Crippen LogP contribution is 2.27. The predicted molar refractivity (Wildman–Crippen MR) is 100 cm³/mol. The van der Waals surface area contributed by atoms with Gasteiger partial charge in [0.05, 0.1) is 6.54 Å². The fourth-order valence-corrected chi connectivity index (χ4v) is 3.32. The van der Waals surface area contributed by atoms with Crippen LogP contribution in [-0.4, -0.2) is 22.2 Å². The molecule has 2 heterocycles. The second-order valence-electron chi connectivity index (χ2n) is 6.39. The standard InChI is InChI=1S/C21H19N3O2/c25-20-13-12-18(22-24(20)15-16-7-2-1-3-8-16)21(26)23-14-6-10-17-9-4-5-11-19(17)23/h1-5,7-9,11-13H,6,10,14-15H2. The first kappa shape index (κ1) is 16.3. The Bertz CT molecular complexity index is 995. The van der Waals surface area contributed by atoms with Crippen molar-refractivity contribution >= 4 is 11.6 Å². The van der Waals surface area contributed by atoms with Gasteiger partial charge in [0.15, 0.2) is 0 Å². The van der Waals surface area contributed by atoms with Gasteiger partial charge in [-0.1, -0.05) is 48.5 Å². The van der Waals surface area contributed by atoms with Crippen LogP contribution in [0.3, 0.4) is 0 Å². The fraction of sp³-hybridized carbons (Fsp3) is 0.190. The fourth-order valence-electron chi connectivity index (χ4n) is 3.32. The molecule has 0 bridgehead atoms. The molecule has 0 aliphatic carbocycles. The first-order chi connectivity index (χ1) is 12.7. The molecule has 5 nitrogen and oxygen atoms in total. The van der Waals surface area contributed by atoms with Crippen molar-refractivity contribution in [2.75, 3.05) is 11.4 Å². The number of para-hydroxylation sites is 1. The van der Waals surface area contributed by atoms with E-state index >= 15 is 0 Å². The Morgan fingerprint density at radius 2 is 1.73 bits per heavy atom. The number of fused-ring (bicyclic) bond motifs is 1. The molecule has 0 atom stereocenters. The van der Waals surface area contributed by atoms with Gasteiger partial charge >= 0.3 is 0 Å². The van der Waals surface area contributed by atoms with Crippen molar-refractivity contribution < 1.29 is 4.79 Å². The third-order valence-corrected chi connectivity index (χ3v) is 4.62. The third kappa shape index (κ3) is 3.16. The molecule has 2 aromatic carbocycles. The number of aromatic nitrogens is 2. The molecule has 0 unspecified atom stereocenters. The van der Waals surface area contributed by atoms with Crippen molar-refractivity contribution in [2.24, 2.45) is 0 Å². The van der Waals surface area contributed by atoms with Gasteiger partial charge in [0.1, 0.15) is 5.69 Å². The molecule has 5 heteroatoms. The number of carbonyl (C=O) groups is 1. The smallest absolute Gasteiger partial charge is 0.278 e. The van der Waals surface area contributed by atoms with E-state index in [1.165, 1.54) is 22.4 Å². The zero-order valence-electron chi connectivity index (χ0n) is 14.3. The number of hydrogen-bond donors (Lipinski definition) is 0. The topological polar surface area (TPSA) is 55.2 Å². The molecule has 0 spiro atoms. The number of amides is 1. The van der Waals surface area contributed by atoms with Crippen LogP contribution in [0.25, 0.3) is 0 Å². The molecule has 1 aliphatic heterocycles. The molecule has 1 aliphatic rings. The van der Waals surface area contributed by atoms with E-state index in [-0.39, 0.29) is 17.2 Å². The summed E-state index contributed by atoms with van der Waals surface area (Å²) in [6, 6.07) is 20.5. The molecule has 0 saturated carbocycles. The average Bonchev–Trinajstić information content (AvgIpc) is 2.69. The lowest BCUT2D eigenvalue weighted by Gasteiger charge is -2.29. The van der Waals surface area contributed by atoms with Gasteiger partial charge in [-0.3, -0.25) is 9.59 Å². The Labute approximate surface area is 151 Å². The molecular formula is C21H19N3O2. The lowest BCUT2D eigenvalue weighted by molar-refractivity contribution is 0.0978. The minimum Gasteiger partial charge on any atom is -0.307 e. The molecule has 130 valence electrons. The Hall–Kier alpha value is -3.21. The van der Waals surface area contributed by atoms with E-state index in [1.54, 1.807) is 4.90 Å². The maximum Gasteiger partial charge on any atom is 0.278 e. The van der Waals surface area contributed by atoms with Crippen molar-refractivity contribution in [3.8, 4) is 0 Å². The second-order valence-corrected chi connectivity index (χ2v) is 6.39. The number of carbonyl (C=O) groups excluding carboxylic acids is 1. The van der Waals surface area contributed by atoms with E-state index in [1.807, 2.05) is 48.5 Å². The van der Waals surface area contributed by atoms with E-state index in [0.29, 0.717) is 13.1 Å². The van der Waals surface area contributed by atoms with E-state index in [0.717, 1.165) is 24.1 Å². The first-order valence-electron chi connectivity index (χ1n) is 8.74. The highest BCUT2D eigenvalue weighted by atomic mass is 16.2. The Morgan fingerprint density at radius 3 is 2.58 bits per heavy atom. The van der Waals surface area contributed by atoms with Crippen molar-refractivity contribution in [1.82, 2.24) is 9.78 Å². The third-order valence-electron chi connectivity index (χ3n) is 4.62. The van der Waals surface area contributed by atoms with Crippen LogP contribution in [0, 0.1) is 0 Å². The SMILES string of the molecule is O=C(c1ccc(=O)n(Cc2ccccc2)n1)N1CCCc2ccccc21. The summed E-state index contributed by atoms with van der Waals surface area (Å²) in [4.78, 5) is 26.9. The number of anilines is 1. The van der Waals surface area contributed by atoms with Crippen LogP contribution in [0.1, 0.15) is 28.0 Å². The quantitative estimate of drug-likeness (QED) is 0.733. The Morgan fingerprint density at radius 1 is 0.962 bits per heavy atom. The van der Waals surface area contributed by atoms with Crippen molar-refractivity contribution in [3.05, 3.63) is 93.9 Å². The van der Waals surface area contributed by atoms with E-state index in [4.69, 9.17) is 0 Å². The summed E-state index contributed by atoms with van der Waals surface area (Å²) in [6.07, 6.45) is 1.90.